The first kappa shape index (κ1) is 31.9. The fourth-order valence-electron chi connectivity index (χ4n) is 8.14. The summed E-state index contributed by atoms with van der Waals surface area (Å²) in [6.07, 6.45) is 0. The Morgan fingerprint density at radius 1 is 0.357 bits per heavy atom. The highest BCUT2D eigenvalue weighted by atomic mass is 16.3. The number of benzene rings is 9. The van der Waals surface area contributed by atoms with E-state index in [4.69, 9.17) is 14.4 Å². The SMILES string of the molecule is c1ccc(-c2nc3ccc4ccc5cc(-c6cccc(N(c7ccccc7)c7ccc8oc9ccccc9c8c7)c6)ccc5c4c3nc2-c2ccccc2)cc1. The van der Waals surface area contributed by atoms with Crippen LogP contribution < -0.4 is 4.90 Å². The topological polar surface area (TPSA) is 42.2 Å². The fraction of sp³-hybridized carbons (Fsp3) is 0. The van der Waals surface area contributed by atoms with Crippen molar-refractivity contribution in [1.29, 1.82) is 0 Å². The molecule has 0 aliphatic heterocycles. The monoisotopic (exact) mass is 715 g/mol. The molecule has 0 N–H and O–H groups in total. The minimum absolute atomic E-state index is 0.878. The zero-order valence-corrected chi connectivity index (χ0v) is 30.3. The van der Waals surface area contributed by atoms with Crippen molar-refractivity contribution in [1.82, 2.24) is 9.97 Å². The number of nitrogens with zero attached hydrogens (tertiary/aromatic N) is 3. The Kier molecular flexibility index (Phi) is 7.46. The Morgan fingerprint density at radius 2 is 0.964 bits per heavy atom. The molecule has 56 heavy (non-hydrogen) atoms. The number of hydrogen-bond donors (Lipinski definition) is 0. The highest BCUT2D eigenvalue weighted by Gasteiger charge is 2.18. The maximum Gasteiger partial charge on any atom is 0.135 e. The number of furan rings is 1. The van der Waals surface area contributed by atoms with Crippen LogP contribution in [0.3, 0.4) is 0 Å². The van der Waals surface area contributed by atoms with Crippen molar-refractivity contribution < 1.29 is 4.42 Å². The van der Waals surface area contributed by atoms with Crippen LogP contribution in [0.25, 0.3) is 88.2 Å². The van der Waals surface area contributed by atoms with Crippen LogP contribution in [0.4, 0.5) is 17.1 Å². The Hall–Kier alpha value is -7.56. The maximum absolute atomic E-state index is 6.18. The van der Waals surface area contributed by atoms with E-state index in [-0.39, 0.29) is 0 Å². The molecule has 0 bridgehead atoms. The van der Waals surface area contributed by atoms with Gasteiger partial charge in [-0.2, -0.15) is 0 Å². The standard InChI is InChI=1S/C52H33N3O/c1-4-13-35(14-5-1)50-51(36-15-6-2-7-16-36)54-52-46(53-50)29-26-34-23-24-39-31-38(25-28-43(39)49(34)52)37-17-12-20-41(32-37)55(40-18-8-3-9-19-40)42-27-30-48-45(33-42)44-21-10-11-22-47(44)56-48/h1-33H. The molecule has 0 spiro atoms. The lowest BCUT2D eigenvalue weighted by molar-refractivity contribution is 0.669. The van der Waals surface area contributed by atoms with Gasteiger partial charge in [0.05, 0.1) is 22.4 Å². The molecule has 11 rings (SSSR count). The van der Waals surface area contributed by atoms with Crippen LogP contribution in [0.2, 0.25) is 0 Å². The second-order valence-electron chi connectivity index (χ2n) is 14.2. The third kappa shape index (κ3) is 5.39. The minimum Gasteiger partial charge on any atom is -0.456 e. The van der Waals surface area contributed by atoms with Crippen LogP contribution in [0.15, 0.2) is 205 Å². The van der Waals surface area contributed by atoms with Gasteiger partial charge in [0.15, 0.2) is 0 Å². The van der Waals surface area contributed by atoms with Crippen molar-refractivity contribution in [2.45, 2.75) is 0 Å². The molecule has 2 heterocycles. The average molecular weight is 716 g/mol. The molecular formula is C52H33N3O. The molecule has 0 saturated heterocycles. The van der Waals surface area contributed by atoms with Crippen molar-refractivity contribution in [2.75, 3.05) is 4.90 Å². The Labute approximate surface area is 323 Å². The quantitative estimate of drug-likeness (QED) is 0.161. The van der Waals surface area contributed by atoms with Gasteiger partial charge in [-0.25, -0.2) is 9.97 Å². The summed E-state index contributed by atoms with van der Waals surface area (Å²) in [4.78, 5) is 13.0. The Morgan fingerprint density at radius 3 is 1.77 bits per heavy atom. The summed E-state index contributed by atoms with van der Waals surface area (Å²) in [5.41, 5.74) is 12.9. The van der Waals surface area contributed by atoms with Crippen LogP contribution in [0, 0.1) is 0 Å². The molecule has 0 atom stereocenters. The molecule has 0 aliphatic carbocycles. The molecule has 0 saturated carbocycles. The summed E-state index contributed by atoms with van der Waals surface area (Å²) in [6.45, 7) is 0. The molecule has 0 aliphatic rings. The predicted octanol–water partition coefficient (Wildman–Crippen LogP) is 14.3. The van der Waals surface area contributed by atoms with Crippen LogP contribution in [0.5, 0.6) is 0 Å². The van der Waals surface area contributed by atoms with Gasteiger partial charge in [0.1, 0.15) is 11.2 Å². The van der Waals surface area contributed by atoms with Crippen LogP contribution in [-0.2, 0) is 0 Å². The third-order valence-electron chi connectivity index (χ3n) is 10.8. The lowest BCUT2D eigenvalue weighted by atomic mass is 9.96. The minimum atomic E-state index is 0.878. The highest BCUT2D eigenvalue weighted by molar-refractivity contribution is 6.19. The van der Waals surface area contributed by atoms with E-state index in [1.54, 1.807) is 0 Å². The number of aromatic nitrogens is 2. The number of fused-ring (bicyclic) bond motifs is 8. The molecule has 2 aromatic heterocycles. The van der Waals surface area contributed by atoms with E-state index < -0.39 is 0 Å². The van der Waals surface area contributed by atoms with Gasteiger partial charge >= 0.3 is 0 Å². The maximum atomic E-state index is 6.18. The lowest BCUT2D eigenvalue weighted by Crippen LogP contribution is -2.09. The third-order valence-corrected chi connectivity index (χ3v) is 10.8. The van der Waals surface area contributed by atoms with E-state index in [0.29, 0.717) is 0 Å². The van der Waals surface area contributed by atoms with Gasteiger partial charge in [0.25, 0.3) is 0 Å². The molecule has 0 unspecified atom stereocenters. The first-order valence-corrected chi connectivity index (χ1v) is 18.9. The van der Waals surface area contributed by atoms with E-state index in [9.17, 15) is 0 Å². The molecule has 0 radical (unpaired) electrons. The van der Waals surface area contributed by atoms with E-state index in [1.165, 1.54) is 0 Å². The summed E-state index contributed by atoms with van der Waals surface area (Å²) >= 11 is 0. The number of hydrogen-bond acceptors (Lipinski definition) is 4. The molecule has 4 heteroatoms. The van der Waals surface area contributed by atoms with Gasteiger partial charge in [0, 0.05) is 44.3 Å². The second-order valence-corrected chi connectivity index (χ2v) is 14.2. The summed E-state index contributed by atoms with van der Waals surface area (Å²) in [5, 5.41) is 6.77. The zero-order chi connectivity index (χ0) is 37.0. The molecule has 0 fully saturated rings. The van der Waals surface area contributed by atoms with Crippen molar-refractivity contribution >= 4 is 71.6 Å². The van der Waals surface area contributed by atoms with Crippen LogP contribution >= 0.6 is 0 Å². The highest BCUT2D eigenvalue weighted by Crippen LogP contribution is 2.41. The van der Waals surface area contributed by atoms with E-state index in [1.807, 2.05) is 24.3 Å². The Balaban J connectivity index is 1.05. The molecule has 262 valence electrons. The smallest absolute Gasteiger partial charge is 0.135 e. The molecule has 11 aromatic rings. The summed E-state index contributed by atoms with van der Waals surface area (Å²) in [5.74, 6) is 0. The van der Waals surface area contributed by atoms with Crippen molar-refractivity contribution in [3.63, 3.8) is 0 Å². The van der Waals surface area contributed by atoms with Crippen LogP contribution in [0.1, 0.15) is 0 Å². The lowest BCUT2D eigenvalue weighted by Gasteiger charge is -2.26. The first-order chi connectivity index (χ1) is 27.7. The molecular weight excluding hydrogens is 683 g/mol. The summed E-state index contributed by atoms with van der Waals surface area (Å²) in [7, 11) is 0. The molecule has 9 aromatic carbocycles. The van der Waals surface area contributed by atoms with Gasteiger partial charge in [-0.3, -0.25) is 0 Å². The van der Waals surface area contributed by atoms with Gasteiger partial charge in [-0.05, 0) is 87.9 Å². The fourth-order valence-corrected chi connectivity index (χ4v) is 8.14. The number of rotatable bonds is 6. The van der Waals surface area contributed by atoms with E-state index in [0.717, 1.165) is 105 Å². The summed E-state index contributed by atoms with van der Waals surface area (Å²) < 4.78 is 6.18. The van der Waals surface area contributed by atoms with Gasteiger partial charge < -0.3 is 9.32 Å². The largest absolute Gasteiger partial charge is 0.456 e. The predicted molar refractivity (Wildman–Crippen MR) is 233 cm³/mol. The normalized spacial score (nSPS) is 11.6. The van der Waals surface area contributed by atoms with Crippen LogP contribution in [-0.4, -0.2) is 9.97 Å². The van der Waals surface area contributed by atoms with Gasteiger partial charge in [-0.15, -0.1) is 0 Å². The average Bonchev–Trinajstić information content (AvgIpc) is 3.65. The van der Waals surface area contributed by atoms with Crippen molar-refractivity contribution in [3.8, 4) is 33.6 Å². The molecule has 0 amide bonds. The number of para-hydroxylation sites is 2. The van der Waals surface area contributed by atoms with Gasteiger partial charge in [0.2, 0.25) is 0 Å². The second kappa shape index (κ2) is 13.1. The first-order valence-electron chi connectivity index (χ1n) is 18.9. The Bertz CT molecular complexity index is 3250. The van der Waals surface area contributed by atoms with Gasteiger partial charge in [-0.1, -0.05) is 140 Å². The van der Waals surface area contributed by atoms with E-state index in [2.05, 4.69) is 181 Å². The number of anilines is 3. The van der Waals surface area contributed by atoms with Crippen molar-refractivity contribution in [3.05, 3.63) is 200 Å². The zero-order valence-electron chi connectivity index (χ0n) is 30.3. The van der Waals surface area contributed by atoms with Crippen molar-refractivity contribution in [2.24, 2.45) is 0 Å². The van der Waals surface area contributed by atoms with E-state index >= 15 is 0 Å². The summed E-state index contributed by atoms with van der Waals surface area (Å²) in [6, 6.07) is 70.3. The molecule has 4 nitrogen and oxygen atoms in total.